The van der Waals surface area contributed by atoms with E-state index >= 15 is 0 Å². The van der Waals surface area contributed by atoms with Gasteiger partial charge in [-0.3, -0.25) is 0 Å². The molecule has 0 amide bonds. The van der Waals surface area contributed by atoms with E-state index in [4.69, 9.17) is 4.42 Å². The number of benzene rings is 3. The first-order valence-electron chi connectivity index (χ1n) is 7.05. The molecular weight excluding hydrogens is 274 g/mol. The summed E-state index contributed by atoms with van der Waals surface area (Å²) in [4.78, 5) is 0. The molecule has 3 aromatic carbocycles. The molecule has 0 radical (unpaired) electrons. The molecule has 0 unspecified atom stereocenters. The van der Waals surface area contributed by atoms with Gasteiger partial charge in [0.1, 0.15) is 16.7 Å². The molecule has 0 saturated heterocycles. The monoisotopic (exact) mass is 287 g/mol. The van der Waals surface area contributed by atoms with Gasteiger partial charge in [-0.1, -0.05) is 53.7 Å². The molecule has 0 aliphatic rings. The molecule has 4 rings (SSSR count). The minimum Gasteiger partial charge on any atom is -0.456 e. The Balaban J connectivity index is 1.99. The van der Waals surface area contributed by atoms with E-state index in [-0.39, 0.29) is 0 Å². The van der Waals surface area contributed by atoms with Crippen LogP contribution in [0, 0.1) is 0 Å². The van der Waals surface area contributed by atoms with E-state index in [0.717, 1.165) is 16.3 Å². The van der Waals surface area contributed by atoms with Crippen LogP contribution in [0.1, 0.15) is 0 Å². The van der Waals surface area contributed by atoms with Gasteiger partial charge in [0, 0.05) is 17.0 Å². The summed E-state index contributed by atoms with van der Waals surface area (Å²) in [5.74, 6) is 0.678. The van der Waals surface area contributed by atoms with Crippen LogP contribution in [0.4, 0.5) is 0 Å². The lowest BCUT2D eigenvalue weighted by Crippen LogP contribution is -2.02. The van der Waals surface area contributed by atoms with E-state index < -0.39 is 0 Å². The number of hydrogen-bond donors (Lipinski definition) is 1. The molecule has 0 aliphatic heterocycles. The molecule has 3 heteroatoms. The highest BCUT2D eigenvalue weighted by molar-refractivity contribution is 5.87. The number of hydrogen-bond acceptors (Lipinski definition) is 3. The van der Waals surface area contributed by atoms with E-state index in [1.54, 1.807) is 6.07 Å². The maximum absolute atomic E-state index is 9.26. The van der Waals surface area contributed by atoms with Crippen LogP contribution in [0.5, 0.6) is 0 Å². The third-order valence-corrected chi connectivity index (χ3v) is 3.79. The Morgan fingerprint density at radius 1 is 0.773 bits per heavy atom. The van der Waals surface area contributed by atoms with Crippen LogP contribution in [0.25, 0.3) is 33.1 Å². The van der Waals surface area contributed by atoms with Crippen LogP contribution in [-0.4, -0.2) is 5.21 Å². The van der Waals surface area contributed by atoms with Crippen molar-refractivity contribution >= 4 is 21.7 Å². The number of nitrogens with zero attached hydrogens (tertiary/aromatic N) is 1. The van der Waals surface area contributed by atoms with Gasteiger partial charge in [0.2, 0.25) is 0 Å². The van der Waals surface area contributed by atoms with E-state index in [9.17, 15) is 5.21 Å². The van der Waals surface area contributed by atoms with Crippen LogP contribution in [0.2, 0.25) is 0 Å². The average Bonchev–Trinajstić information content (AvgIpc) is 2.60. The Morgan fingerprint density at radius 3 is 2.41 bits per heavy atom. The Bertz CT molecular complexity index is 1050. The molecular formula is C19H13NO2. The van der Waals surface area contributed by atoms with Gasteiger partial charge in [-0.05, 0) is 29.0 Å². The van der Waals surface area contributed by atoms with Gasteiger partial charge in [-0.25, -0.2) is 0 Å². The summed E-state index contributed by atoms with van der Waals surface area (Å²) in [6.07, 6.45) is 0. The fraction of sp³-hybridized carbons (Fsp3) is 0. The quantitative estimate of drug-likeness (QED) is 0.412. The van der Waals surface area contributed by atoms with E-state index in [1.807, 2.05) is 42.5 Å². The average molecular weight is 287 g/mol. The summed E-state index contributed by atoms with van der Waals surface area (Å²) in [5.41, 5.74) is 1.65. The molecule has 1 heterocycles. The molecule has 0 atom stereocenters. The van der Waals surface area contributed by atoms with Crippen LogP contribution < -0.4 is 5.36 Å². The zero-order valence-electron chi connectivity index (χ0n) is 11.7. The number of para-hydroxylation sites is 1. The van der Waals surface area contributed by atoms with Crippen molar-refractivity contribution in [2.45, 2.75) is 0 Å². The summed E-state index contributed by atoms with van der Waals surface area (Å²) in [6.45, 7) is 0. The maximum atomic E-state index is 9.26. The van der Waals surface area contributed by atoms with Gasteiger partial charge in [-0.15, -0.1) is 0 Å². The summed E-state index contributed by atoms with van der Waals surface area (Å²) in [5, 5.41) is 16.3. The van der Waals surface area contributed by atoms with Crippen LogP contribution >= 0.6 is 0 Å². The predicted molar refractivity (Wildman–Crippen MR) is 86.5 cm³/mol. The lowest BCUT2D eigenvalue weighted by molar-refractivity contribution is 0.302. The standard InChI is InChI=1S/C19H13NO2/c21-20-17-12-19(22-18-8-4-3-7-16(17)18)15-10-9-13-5-1-2-6-14(13)11-15/h1-12,21H/b20-17+. The van der Waals surface area contributed by atoms with Gasteiger partial charge >= 0.3 is 0 Å². The highest BCUT2D eigenvalue weighted by Gasteiger charge is 2.06. The maximum Gasteiger partial charge on any atom is 0.137 e. The topological polar surface area (TPSA) is 45.7 Å². The molecule has 106 valence electrons. The Kier molecular flexibility index (Phi) is 2.90. The van der Waals surface area contributed by atoms with Crippen LogP contribution in [0.15, 0.2) is 82.4 Å². The van der Waals surface area contributed by atoms with Crippen molar-refractivity contribution in [1.82, 2.24) is 0 Å². The largest absolute Gasteiger partial charge is 0.456 e. The first kappa shape index (κ1) is 12.7. The smallest absolute Gasteiger partial charge is 0.137 e. The molecule has 0 fully saturated rings. The number of rotatable bonds is 1. The Labute approximate surface area is 126 Å². The van der Waals surface area contributed by atoms with Gasteiger partial charge < -0.3 is 9.62 Å². The SMILES string of the molecule is O/N=c1\cc(-c2ccc3ccccc3c2)oc2ccccc12. The van der Waals surface area contributed by atoms with Crippen molar-refractivity contribution in [3.05, 3.63) is 78.2 Å². The molecule has 0 saturated carbocycles. The third kappa shape index (κ3) is 2.04. The second kappa shape index (κ2) is 5.04. The summed E-state index contributed by atoms with van der Waals surface area (Å²) in [7, 11) is 0. The van der Waals surface area contributed by atoms with Crippen LogP contribution in [0.3, 0.4) is 0 Å². The molecule has 22 heavy (non-hydrogen) atoms. The minimum atomic E-state index is 0.505. The molecule has 0 aliphatic carbocycles. The zero-order valence-corrected chi connectivity index (χ0v) is 11.7. The predicted octanol–water partition coefficient (Wildman–Crippen LogP) is 4.54. The third-order valence-electron chi connectivity index (χ3n) is 3.79. The first-order chi connectivity index (χ1) is 10.8. The Morgan fingerprint density at radius 2 is 1.55 bits per heavy atom. The second-order valence-electron chi connectivity index (χ2n) is 5.15. The lowest BCUT2D eigenvalue weighted by atomic mass is 10.0. The van der Waals surface area contributed by atoms with Crippen molar-refractivity contribution in [3.8, 4) is 11.3 Å². The normalized spacial score (nSPS) is 12.1. The number of fused-ring (bicyclic) bond motifs is 2. The zero-order chi connectivity index (χ0) is 14.9. The van der Waals surface area contributed by atoms with Crippen molar-refractivity contribution in [2.24, 2.45) is 5.16 Å². The lowest BCUT2D eigenvalue weighted by Gasteiger charge is -2.05. The molecule has 1 aromatic heterocycles. The first-order valence-corrected chi connectivity index (χ1v) is 7.05. The van der Waals surface area contributed by atoms with E-state index in [0.29, 0.717) is 16.7 Å². The van der Waals surface area contributed by atoms with E-state index in [1.165, 1.54) is 5.39 Å². The van der Waals surface area contributed by atoms with Crippen molar-refractivity contribution < 1.29 is 9.62 Å². The van der Waals surface area contributed by atoms with Crippen molar-refractivity contribution in [3.63, 3.8) is 0 Å². The second-order valence-corrected chi connectivity index (χ2v) is 5.15. The fourth-order valence-electron chi connectivity index (χ4n) is 2.68. The van der Waals surface area contributed by atoms with Crippen molar-refractivity contribution in [1.29, 1.82) is 0 Å². The van der Waals surface area contributed by atoms with Gasteiger partial charge in [0.05, 0.1) is 0 Å². The molecule has 0 spiro atoms. The van der Waals surface area contributed by atoms with Gasteiger partial charge in [-0.2, -0.15) is 0 Å². The van der Waals surface area contributed by atoms with Crippen LogP contribution in [-0.2, 0) is 0 Å². The Hall–Kier alpha value is -3.07. The fourth-order valence-corrected chi connectivity index (χ4v) is 2.68. The summed E-state index contributed by atoms with van der Waals surface area (Å²) >= 11 is 0. The summed E-state index contributed by atoms with van der Waals surface area (Å²) < 4.78 is 5.97. The molecule has 4 aromatic rings. The van der Waals surface area contributed by atoms with E-state index in [2.05, 4.69) is 29.4 Å². The minimum absolute atomic E-state index is 0.505. The van der Waals surface area contributed by atoms with Gasteiger partial charge in [0.25, 0.3) is 0 Å². The summed E-state index contributed by atoms with van der Waals surface area (Å²) in [6, 6.07) is 23.6. The highest BCUT2D eigenvalue weighted by Crippen LogP contribution is 2.25. The molecule has 3 nitrogen and oxygen atoms in total. The van der Waals surface area contributed by atoms with Crippen molar-refractivity contribution in [2.75, 3.05) is 0 Å². The molecule has 0 bridgehead atoms. The van der Waals surface area contributed by atoms with Gasteiger partial charge in [0.15, 0.2) is 0 Å². The molecule has 1 N–H and O–H groups in total. The highest BCUT2D eigenvalue weighted by atomic mass is 16.4.